The summed E-state index contributed by atoms with van der Waals surface area (Å²) >= 11 is 0. The zero-order chi connectivity index (χ0) is 28.2. The number of Topliss-reactive ketones (excluding diaryl/α,β-unsaturated/α-hetero) is 1. The highest BCUT2D eigenvalue weighted by Crippen LogP contribution is 2.30. The third kappa shape index (κ3) is 8.22. The molecule has 1 saturated heterocycles. The molecule has 15 heteroatoms. The largest absolute Gasteiger partial charge is 0.434 e. The number of nitrogens with one attached hydrogen (secondary N) is 2. The number of benzene rings is 1. The van der Waals surface area contributed by atoms with Crippen molar-refractivity contribution in [3.63, 3.8) is 0 Å². The molecule has 2 atom stereocenters. The van der Waals surface area contributed by atoms with Crippen LogP contribution < -0.4 is 10.0 Å². The third-order valence-electron chi connectivity index (χ3n) is 6.31. The number of aromatic nitrogens is 1. The van der Waals surface area contributed by atoms with Crippen LogP contribution in [0.1, 0.15) is 36.9 Å². The van der Waals surface area contributed by atoms with Gasteiger partial charge in [-0.3, -0.25) is 14.3 Å². The van der Waals surface area contributed by atoms with Gasteiger partial charge in [0.1, 0.15) is 11.6 Å². The lowest BCUT2D eigenvalue weighted by Gasteiger charge is -2.30. The van der Waals surface area contributed by atoms with Crippen molar-refractivity contribution in [2.75, 3.05) is 44.1 Å². The van der Waals surface area contributed by atoms with Gasteiger partial charge in [0, 0.05) is 13.1 Å². The number of nitrogens with zero attached hydrogens (tertiary/aromatic N) is 3. The Bertz CT molecular complexity index is 1410. The van der Waals surface area contributed by atoms with Crippen molar-refractivity contribution in [2.45, 2.75) is 38.3 Å². The van der Waals surface area contributed by atoms with Gasteiger partial charge in [-0.25, -0.2) is 26.8 Å². The van der Waals surface area contributed by atoms with E-state index in [0.717, 1.165) is 19.1 Å². The van der Waals surface area contributed by atoms with Crippen molar-refractivity contribution in [1.82, 2.24) is 19.9 Å². The molecule has 0 bridgehead atoms. The smallest absolute Gasteiger partial charge is 0.266 e. The van der Waals surface area contributed by atoms with Crippen LogP contribution in [-0.4, -0.2) is 101 Å². The molecule has 2 fully saturated rings. The van der Waals surface area contributed by atoms with Gasteiger partial charge < -0.3 is 19.4 Å². The summed E-state index contributed by atoms with van der Waals surface area (Å²) in [5.41, 5.74) is 0.898. The molecule has 13 nitrogen and oxygen atoms in total. The van der Waals surface area contributed by atoms with E-state index in [-0.39, 0.29) is 43.0 Å². The predicted octanol–water partition coefficient (Wildman–Crippen LogP) is 0.336. The minimum Gasteiger partial charge on any atom is -0.434 e. The van der Waals surface area contributed by atoms with Gasteiger partial charge in [0.2, 0.25) is 27.7 Å². The average molecular weight is 584 g/mol. The molecule has 1 aromatic heterocycles. The van der Waals surface area contributed by atoms with Gasteiger partial charge in [-0.05, 0) is 37.3 Å². The van der Waals surface area contributed by atoms with Crippen LogP contribution in [0.25, 0.3) is 11.1 Å². The maximum atomic E-state index is 13.5. The molecule has 2 aliphatic rings. The summed E-state index contributed by atoms with van der Waals surface area (Å²) in [7, 11) is -7.52. The number of hydrogen-bond donors (Lipinski definition) is 2. The van der Waals surface area contributed by atoms with Crippen LogP contribution in [0.5, 0.6) is 0 Å². The summed E-state index contributed by atoms with van der Waals surface area (Å²) < 4.78 is 63.2. The van der Waals surface area contributed by atoms with Gasteiger partial charge >= 0.3 is 0 Å². The summed E-state index contributed by atoms with van der Waals surface area (Å²) in [6.07, 6.45) is 2.70. The van der Waals surface area contributed by atoms with Gasteiger partial charge in [-0.2, -0.15) is 0 Å². The quantitative estimate of drug-likeness (QED) is 0.213. The van der Waals surface area contributed by atoms with E-state index in [4.69, 9.17) is 9.15 Å². The van der Waals surface area contributed by atoms with E-state index in [1.165, 1.54) is 0 Å². The number of amides is 1. The minimum absolute atomic E-state index is 0.0414. The first-order chi connectivity index (χ1) is 18.4. The number of para-hydroxylation sites is 2. The molecule has 1 amide bonds. The molecular formula is C24H33N5O8S2. The number of sulfonamides is 1. The van der Waals surface area contributed by atoms with Crippen LogP contribution in [0.3, 0.4) is 0 Å². The molecule has 4 rings (SSSR count). The third-order valence-corrected chi connectivity index (χ3v) is 8.67. The second kappa shape index (κ2) is 12.0. The standard InChI is InChI=1S/C24H33N5O8S2/c1-3-17(21(30)23-26-18-6-4-5-7-20(18)37-23)25-22(31)19(15-39(34,35)14-16-8-9-16)27-24(28-38(2,32)33)29-10-12-36-13-11-29/h4-7,16-17,19H,3,8-15H2,1-2H3,(H,25,31)(H,27,28). The Morgan fingerprint density at radius 2 is 1.85 bits per heavy atom. The SMILES string of the molecule is CCC(NC(=O)C(CS(=O)(=O)CC1CC1)N=C(NS(C)(=O)=O)N1CCOCC1)C(=O)c1nc2ccccc2o1. The number of sulfone groups is 1. The predicted molar refractivity (Wildman–Crippen MR) is 144 cm³/mol. The van der Waals surface area contributed by atoms with E-state index in [1.54, 1.807) is 36.1 Å². The molecule has 1 aromatic carbocycles. The van der Waals surface area contributed by atoms with Crippen molar-refractivity contribution in [2.24, 2.45) is 10.9 Å². The highest BCUT2D eigenvalue weighted by Gasteiger charge is 2.35. The fourth-order valence-electron chi connectivity index (χ4n) is 4.13. The van der Waals surface area contributed by atoms with Crippen molar-refractivity contribution < 1.29 is 35.6 Å². The molecular weight excluding hydrogens is 550 g/mol. The zero-order valence-corrected chi connectivity index (χ0v) is 23.5. The van der Waals surface area contributed by atoms with Crippen LogP contribution in [0, 0.1) is 5.92 Å². The monoisotopic (exact) mass is 583 g/mol. The Balaban J connectivity index is 1.61. The van der Waals surface area contributed by atoms with E-state index < -0.39 is 49.4 Å². The molecule has 2 aromatic rings. The normalized spacial score (nSPS) is 18.5. The summed E-state index contributed by atoms with van der Waals surface area (Å²) in [5.74, 6) is -2.42. The molecule has 1 saturated carbocycles. The first kappa shape index (κ1) is 29.0. The Hall–Kier alpha value is -3.04. The first-order valence-electron chi connectivity index (χ1n) is 12.7. The van der Waals surface area contributed by atoms with Crippen LogP contribution in [0.4, 0.5) is 0 Å². The number of aliphatic imine (C=N–C) groups is 1. The van der Waals surface area contributed by atoms with Gasteiger partial charge in [0.15, 0.2) is 15.4 Å². The van der Waals surface area contributed by atoms with Gasteiger partial charge in [-0.1, -0.05) is 19.1 Å². The number of fused-ring (bicyclic) bond motifs is 1. The van der Waals surface area contributed by atoms with E-state index in [0.29, 0.717) is 24.3 Å². The molecule has 0 spiro atoms. The summed E-state index contributed by atoms with van der Waals surface area (Å²) in [5, 5.41) is 2.59. The minimum atomic E-state index is -3.81. The fraction of sp³-hybridized carbons (Fsp3) is 0.583. The maximum absolute atomic E-state index is 13.5. The number of ketones is 1. The second-order valence-electron chi connectivity index (χ2n) is 9.78. The molecule has 1 aliphatic carbocycles. The lowest BCUT2D eigenvalue weighted by molar-refractivity contribution is -0.122. The summed E-state index contributed by atoms with van der Waals surface area (Å²) in [4.78, 5) is 36.7. The van der Waals surface area contributed by atoms with Crippen LogP contribution >= 0.6 is 0 Å². The van der Waals surface area contributed by atoms with Crippen LogP contribution in [0.15, 0.2) is 33.7 Å². The Labute approximate surface area is 227 Å². The number of carbonyl (C=O) groups excluding carboxylic acids is 2. The lowest BCUT2D eigenvalue weighted by atomic mass is 10.1. The van der Waals surface area contributed by atoms with Crippen LogP contribution in [-0.2, 0) is 29.4 Å². The van der Waals surface area contributed by atoms with Crippen molar-refractivity contribution in [1.29, 1.82) is 0 Å². The number of morpholine rings is 1. The fourth-order valence-corrected chi connectivity index (χ4v) is 6.54. The molecule has 2 heterocycles. The highest BCUT2D eigenvalue weighted by molar-refractivity contribution is 7.91. The van der Waals surface area contributed by atoms with Crippen molar-refractivity contribution >= 4 is 48.6 Å². The molecule has 39 heavy (non-hydrogen) atoms. The van der Waals surface area contributed by atoms with E-state index in [1.807, 2.05) is 0 Å². The molecule has 2 N–H and O–H groups in total. The molecule has 1 aliphatic heterocycles. The van der Waals surface area contributed by atoms with E-state index >= 15 is 0 Å². The zero-order valence-electron chi connectivity index (χ0n) is 21.8. The Kier molecular flexibility index (Phi) is 8.91. The van der Waals surface area contributed by atoms with Crippen molar-refractivity contribution in [3.05, 3.63) is 30.2 Å². The topological polar surface area (TPSA) is 177 Å². The van der Waals surface area contributed by atoms with Gasteiger partial charge in [0.05, 0.1) is 37.0 Å². The average Bonchev–Trinajstić information content (AvgIpc) is 3.57. The van der Waals surface area contributed by atoms with Gasteiger partial charge in [-0.15, -0.1) is 0 Å². The summed E-state index contributed by atoms with van der Waals surface area (Å²) in [6, 6.07) is 4.26. The number of carbonyl (C=O) groups is 2. The molecule has 214 valence electrons. The Morgan fingerprint density at radius 1 is 1.15 bits per heavy atom. The van der Waals surface area contributed by atoms with Crippen LogP contribution in [0.2, 0.25) is 0 Å². The first-order valence-corrected chi connectivity index (χ1v) is 16.4. The number of guanidine groups is 1. The molecule has 2 unspecified atom stereocenters. The number of rotatable bonds is 11. The molecule has 0 radical (unpaired) electrons. The van der Waals surface area contributed by atoms with E-state index in [2.05, 4.69) is 20.0 Å². The Morgan fingerprint density at radius 3 is 2.46 bits per heavy atom. The number of hydrogen-bond acceptors (Lipinski definition) is 10. The second-order valence-corrected chi connectivity index (χ2v) is 13.7. The number of ether oxygens (including phenoxy) is 1. The number of oxazole rings is 1. The lowest BCUT2D eigenvalue weighted by Crippen LogP contribution is -2.51. The van der Waals surface area contributed by atoms with E-state index in [9.17, 15) is 26.4 Å². The maximum Gasteiger partial charge on any atom is 0.266 e. The summed E-state index contributed by atoms with van der Waals surface area (Å²) in [6.45, 7) is 2.87. The van der Waals surface area contributed by atoms with Gasteiger partial charge in [0.25, 0.3) is 5.89 Å². The highest BCUT2D eigenvalue weighted by atomic mass is 32.2. The van der Waals surface area contributed by atoms with Crippen molar-refractivity contribution in [3.8, 4) is 0 Å².